The van der Waals surface area contributed by atoms with Gasteiger partial charge in [-0.05, 0) is 0 Å². The SMILES string of the molecule is COC(=O)N[C@@H](C(=O)O)C1COC1. The number of amides is 1. The molecule has 0 radical (unpaired) electrons. The van der Waals surface area contributed by atoms with Crippen molar-refractivity contribution in [3.63, 3.8) is 0 Å². The molecule has 0 bridgehead atoms. The van der Waals surface area contributed by atoms with Crippen molar-refractivity contribution in [2.75, 3.05) is 20.3 Å². The van der Waals surface area contributed by atoms with E-state index in [-0.39, 0.29) is 5.92 Å². The molecule has 1 saturated heterocycles. The maximum Gasteiger partial charge on any atom is 0.407 e. The lowest BCUT2D eigenvalue weighted by Crippen LogP contribution is -2.52. The summed E-state index contributed by atoms with van der Waals surface area (Å²) in [5.74, 6) is -1.23. The van der Waals surface area contributed by atoms with Gasteiger partial charge in [0.2, 0.25) is 0 Å². The van der Waals surface area contributed by atoms with Gasteiger partial charge in [-0.25, -0.2) is 9.59 Å². The van der Waals surface area contributed by atoms with E-state index in [0.29, 0.717) is 13.2 Å². The Morgan fingerprint density at radius 2 is 2.23 bits per heavy atom. The summed E-state index contributed by atoms with van der Waals surface area (Å²) in [7, 11) is 1.19. The highest BCUT2D eigenvalue weighted by molar-refractivity contribution is 5.80. The average molecular weight is 189 g/mol. The van der Waals surface area contributed by atoms with E-state index in [1.165, 1.54) is 7.11 Å². The van der Waals surface area contributed by atoms with E-state index in [9.17, 15) is 9.59 Å². The molecule has 0 aliphatic carbocycles. The first-order valence-corrected chi connectivity index (χ1v) is 3.80. The van der Waals surface area contributed by atoms with Crippen LogP contribution in [0.2, 0.25) is 0 Å². The Labute approximate surface area is 74.8 Å². The van der Waals surface area contributed by atoms with Gasteiger partial charge in [0, 0.05) is 5.92 Å². The number of nitrogens with one attached hydrogen (secondary N) is 1. The fraction of sp³-hybridized carbons (Fsp3) is 0.714. The minimum absolute atomic E-state index is 0.156. The van der Waals surface area contributed by atoms with Crippen molar-refractivity contribution in [3.8, 4) is 0 Å². The van der Waals surface area contributed by atoms with Gasteiger partial charge in [-0.2, -0.15) is 0 Å². The zero-order chi connectivity index (χ0) is 9.84. The fourth-order valence-electron chi connectivity index (χ4n) is 1.01. The smallest absolute Gasteiger partial charge is 0.407 e. The summed E-state index contributed by atoms with van der Waals surface area (Å²) in [5.41, 5.74) is 0. The van der Waals surface area contributed by atoms with Crippen LogP contribution in [0.1, 0.15) is 0 Å². The quantitative estimate of drug-likeness (QED) is 0.621. The number of hydrogen-bond donors (Lipinski definition) is 2. The number of carbonyl (C=O) groups excluding carboxylic acids is 1. The van der Waals surface area contributed by atoms with E-state index in [1.54, 1.807) is 0 Å². The van der Waals surface area contributed by atoms with Gasteiger partial charge in [0.05, 0.1) is 20.3 Å². The van der Waals surface area contributed by atoms with Crippen molar-refractivity contribution >= 4 is 12.1 Å². The van der Waals surface area contributed by atoms with E-state index in [1.807, 2.05) is 0 Å². The Kier molecular flexibility index (Phi) is 3.07. The van der Waals surface area contributed by atoms with Gasteiger partial charge >= 0.3 is 12.1 Å². The first kappa shape index (κ1) is 9.79. The molecule has 0 aromatic carbocycles. The second-order valence-corrected chi connectivity index (χ2v) is 2.75. The lowest BCUT2D eigenvalue weighted by atomic mass is 9.98. The van der Waals surface area contributed by atoms with Gasteiger partial charge in [0.1, 0.15) is 6.04 Å². The van der Waals surface area contributed by atoms with Gasteiger partial charge in [0.15, 0.2) is 0 Å². The maximum atomic E-state index is 10.7. The molecule has 1 aliphatic heterocycles. The van der Waals surface area contributed by atoms with Crippen LogP contribution in [0.25, 0.3) is 0 Å². The molecule has 2 N–H and O–H groups in total. The van der Waals surface area contributed by atoms with Crippen LogP contribution in [-0.2, 0) is 14.3 Å². The third kappa shape index (κ3) is 2.32. The van der Waals surface area contributed by atoms with Crippen LogP contribution < -0.4 is 5.32 Å². The Hall–Kier alpha value is -1.30. The maximum absolute atomic E-state index is 10.7. The second-order valence-electron chi connectivity index (χ2n) is 2.75. The summed E-state index contributed by atoms with van der Waals surface area (Å²) >= 11 is 0. The molecule has 0 aromatic heterocycles. The first-order valence-electron chi connectivity index (χ1n) is 3.80. The predicted octanol–water partition coefficient (Wildman–Crippen LogP) is -0.558. The molecular formula is C7H11NO5. The minimum atomic E-state index is -1.07. The molecular weight excluding hydrogens is 178 g/mol. The highest BCUT2D eigenvalue weighted by Gasteiger charge is 2.35. The zero-order valence-corrected chi connectivity index (χ0v) is 7.15. The summed E-state index contributed by atoms with van der Waals surface area (Å²) in [6.45, 7) is 0.724. The predicted molar refractivity (Wildman–Crippen MR) is 41.3 cm³/mol. The summed E-state index contributed by atoms with van der Waals surface area (Å²) in [6, 6.07) is -0.916. The number of methoxy groups -OCH3 is 1. The van der Waals surface area contributed by atoms with Gasteiger partial charge in [-0.1, -0.05) is 0 Å². The lowest BCUT2D eigenvalue weighted by Gasteiger charge is -2.31. The molecule has 1 atom stereocenters. The number of alkyl carbamates (subject to hydrolysis) is 1. The van der Waals surface area contributed by atoms with Gasteiger partial charge in [-0.3, -0.25) is 0 Å². The number of carboxylic acids is 1. The van der Waals surface area contributed by atoms with E-state index >= 15 is 0 Å². The van der Waals surface area contributed by atoms with Crippen molar-refractivity contribution in [1.29, 1.82) is 0 Å². The molecule has 1 aliphatic rings. The number of carboxylic acid groups (broad SMARTS) is 1. The second kappa shape index (κ2) is 4.08. The summed E-state index contributed by atoms with van der Waals surface area (Å²) in [4.78, 5) is 21.4. The summed E-state index contributed by atoms with van der Waals surface area (Å²) in [6.07, 6.45) is -0.737. The monoisotopic (exact) mass is 189 g/mol. The number of carbonyl (C=O) groups is 2. The van der Waals surface area contributed by atoms with Crippen molar-refractivity contribution < 1.29 is 24.2 Å². The van der Waals surface area contributed by atoms with Crippen LogP contribution >= 0.6 is 0 Å². The normalized spacial score (nSPS) is 18.5. The molecule has 1 fully saturated rings. The molecule has 1 heterocycles. The Morgan fingerprint density at radius 1 is 1.62 bits per heavy atom. The van der Waals surface area contributed by atoms with Crippen LogP contribution in [0.4, 0.5) is 4.79 Å². The van der Waals surface area contributed by atoms with Crippen molar-refractivity contribution in [1.82, 2.24) is 5.32 Å². The molecule has 0 unspecified atom stereocenters. The Bertz CT molecular complexity index is 213. The molecule has 6 heteroatoms. The topological polar surface area (TPSA) is 84.9 Å². The molecule has 1 amide bonds. The summed E-state index contributed by atoms with van der Waals surface area (Å²) in [5, 5.41) is 11.0. The standard InChI is InChI=1S/C7H11NO5/c1-12-7(11)8-5(6(9)10)4-2-13-3-4/h4-5H,2-3H2,1H3,(H,8,11)(H,9,10)/t5-/m1/s1. The lowest BCUT2D eigenvalue weighted by molar-refractivity contribution is -0.146. The van der Waals surface area contributed by atoms with Crippen LogP contribution in [0.3, 0.4) is 0 Å². The van der Waals surface area contributed by atoms with Gasteiger partial charge < -0.3 is 19.9 Å². The molecule has 0 spiro atoms. The van der Waals surface area contributed by atoms with E-state index in [2.05, 4.69) is 10.1 Å². The molecule has 6 nitrogen and oxygen atoms in total. The highest BCUT2D eigenvalue weighted by Crippen LogP contribution is 2.15. The summed E-state index contributed by atoms with van der Waals surface area (Å²) < 4.78 is 9.12. The largest absolute Gasteiger partial charge is 0.480 e. The van der Waals surface area contributed by atoms with E-state index in [4.69, 9.17) is 9.84 Å². The number of hydrogen-bond acceptors (Lipinski definition) is 4. The number of ether oxygens (including phenoxy) is 2. The van der Waals surface area contributed by atoms with Crippen molar-refractivity contribution in [2.45, 2.75) is 6.04 Å². The number of rotatable bonds is 3. The van der Waals surface area contributed by atoms with Crippen molar-refractivity contribution in [2.24, 2.45) is 5.92 Å². The molecule has 74 valence electrons. The van der Waals surface area contributed by atoms with E-state index < -0.39 is 18.1 Å². The Morgan fingerprint density at radius 3 is 2.54 bits per heavy atom. The van der Waals surface area contributed by atoms with Crippen LogP contribution in [0.15, 0.2) is 0 Å². The highest BCUT2D eigenvalue weighted by atomic mass is 16.5. The first-order chi connectivity index (χ1) is 6.15. The van der Waals surface area contributed by atoms with Crippen LogP contribution in [0.5, 0.6) is 0 Å². The molecule has 0 saturated carbocycles. The average Bonchev–Trinajstić information content (AvgIpc) is 1.99. The third-order valence-corrected chi connectivity index (χ3v) is 1.86. The van der Waals surface area contributed by atoms with Gasteiger partial charge in [0.25, 0.3) is 0 Å². The fourth-order valence-corrected chi connectivity index (χ4v) is 1.01. The molecule has 0 aromatic rings. The Balaban J connectivity index is 2.46. The molecule has 1 rings (SSSR count). The van der Waals surface area contributed by atoms with Crippen LogP contribution in [0, 0.1) is 5.92 Å². The minimum Gasteiger partial charge on any atom is -0.480 e. The van der Waals surface area contributed by atoms with Crippen molar-refractivity contribution in [3.05, 3.63) is 0 Å². The number of aliphatic carboxylic acids is 1. The molecule has 13 heavy (non-hydrogen) atoms. The van der Waals surface area contributed by atoms with Crippen LogP contribution in [-0.4, -0.2) is 43.5 Å². The third-order valence-electron chi connectivity index (χ3n) is 1.86. The zero-order valence-electron chi connectivity index (χ0n) is 7.15. The van der Waals surface area contributed by atoms with E-state index in [0.717, 1.165) is 0 Å². The van der Waals surface area contributed by atoms with Gasteiger partial charge in [-0.15, -0.1) is 0 Å².